The molecular weight excluding hydrogens is 258 g/mol. The smallest absolute Gasteiger partial charge is 0.328 e. The van der Waals surface area contributed by atoms with Crippen LogP contribution in [0, 0.1) is 0 Å². The van der Waals surface area contributed by atoms with Crippen molar-refractivity contribution < 1.29 is 14.7 Å². The van der Waals surface area contributed by atoms with Gasteiger partial charge in [-0.15, -0.1) is 0 Å². The van der Waals surface area contributed by atoms with E-state index in [0.717, 1.165) is 6.08 Å². The summed E-state index contributed by atoms with van der Waals surface area (Å²) in [5.41, 5.74) is 1.44. The molecular formula is C14H11N3O3. The maximum Gasteiger partial charge on any atom is 0.328 e. The number of amides is 1. The number of hydrogen-bond donors (Lipinski definition) is 2. The van der Waals surface area contributed by atoms with E-state index in [1.54, 1.807) is 24.4 Å². The Morgan fingerprint density at radius 3 is 2.75 bits per heavy atom. The van der Waals surface area contributed by atoms with Crippen molar-refractivity contribution in [2.75, 3.05) is 5.32 Å². The molecule has 0 aliphatic rings. The van der Waals surface area contributed by atoms with Gasteiger partial charge in [0, 0.05) is 24.7 Å². The second-order valence-electron chi connectivity index (χ2n) is 3.87. The van der Waals surface area contributed by atoms with Gasteiger partial charge in [-0.3, -0.25) is 14.8 Å². The van der Waals surface area contributed by atoms with Crippen molar-refractivity contribution in [1.82, 2.24) is 9.97 Å². The molecule has 2 N–H and O–H groups in total. The summed E-state index contributed by atoms with van der Waals surface area (Å²) >= 11 is 0. The second kappa shape index (κ2) is 6.24. The molecule has 2 heterocycles. The minimum atomic E-state index is -1.06. The molecule has 0 radical (unpaired) electrons. The average Bonchev–Trinajstić information content (AvgIpc) is 2.46. The third-order valence-corrected chi connectivity index (χ3v) is 2.36. The molecule has 0 atom stereocenters. The Kier molecular flexibility index (Phi) is 4.18. The van der Waals surface area contributed by atoms with Crippen molar-refractivity contribution in [3.8, 4) is 0 Å². The van der Waals surface area contributed by atoms with E-state index in [0.29, 0.717) is 16.8 Å². The highest BCUT2D eigenvalue weighted by atomic mass is 16.4. The van der Waals surface area contributed by atoms with Crippen molar-refractivity contribution in [2.45, 2.75) is 0 Å². The lowest BCUT2D eigenvalue weighted by Crippen LogP contribution is -2.12. The van der Waals surface area contributed by atoms with E-state index >= 15 is 0 Å². The van der Waals surface area contributed by atoms with Gasteiger partial charge >= 0.3 is 5.97 Å². The van der Waals surface area contributed by atoms with Crippen LogP contribution in [0.4, 0.5) is 5.69 Å². The minimum Gasteiger partial charge on any atom is -0.478 e. The zero-order valence-electron chi connectivity index (χ0n) is 10.4. The summed E-state index contributed by atoms with van der Waals surface area (Å²) in [5.74, 6) is -1.40. The maximum absolute atomic E-state index is 12.0. The molecule has 2 aromatic rings. The summed E-state index contributed by atoms with van der Waals surface area (Å²) in [6.45, 7) is 0. The molecule has 0 fully saturated rings. The summed E-state index contributed by atoms with van der Waals surface area (Å²) in [7, 11) is 0. The van der Waals surface area contributed by atoms with E-state index in [9.17, 15) is 9.59 Å². The van der Waals surface area contributed by atoms with Crippen molar-refractivity contribution in [3.63, 3.8) is 0 Å². The van der Waals surface area contributed by atoms with Gasteiger partial charge < -0.3 is 10.4 Å². The number of pyridine rings is 2. The highest BCUT2D eigenvalue weighted by Crippen LogP contribution is 2.09. The second-order valence-corrected chi connectivity index (χ2v) is 3.87. The van der Waals surface area contributed by atoms with Gasteiger partial charge in [-0.05, 0) is 29.8 Å². The maximum atomic E-state index is 12.0. The molecule has 100 valence electrons. The Hall–Kier alpha value is -3.02. The first-order chi connectivity index (χ1) is 9.65. The van der Waals surface area contributed by atoms with Crippen molar-refractivity contribution in [2.24, 2.45) is 0 Å². The Morgan fingerprint density at radius 2 is 2.05 bits per heavy atom. The predicted molar refractivity (Wildman–Crippen MR) is 73.1 cm³/mol. The number of rotatable bonds is 4. The number of carboxylic acids is 1. The Morgan fingerprint density at radius 1 is 1.20 bits per heavy atom. The zero-order chi connectivity index (χ0) is 14.4. The summed E-state index contributed by atoms with van der Waals surface area (Å²) < 4.78 is 0. The molecule has 0 aliphatic heterocycles. The highest BCUT2D eigenvalue weighted by Gasteiger charge is 2.06. The SMILES string of the molecule is O=C(O)C=Cc1cncc(C(=O)Nc2cccnc2)c1. The topological polar surface area (TPSA) is 92.2 Å². The summed E-state index contributed by atoms with van der Waals surface area (Å²) in [6.07, 6.45) is 8.37. The normalized spacial score (nSPS) is 10.4. The molecule has 6 nitrogen and oxygen atoms in total. The van der Waals surface area contributed by atoms with Crippen LogP contribution in [0.1, 0.15) is 15.9 Å². The standard InChI is InChI=1S/C14H11N3O3/c18-13(19)4-3-10-6-11(8-16-7-10)14(20)17-12-2-1-5-15-9-12/h1-9H,(H,17,20)(H,18,19). The number of anilines is 1. The molecule has 2 rings (SSSR count). The predicted octanol–water partition coefficient (Wildman–Crippen LogP) is 1.83. The third-order valence-electron chi connectivity index (χ3n) is 2.36. The number of nitrogens with zero attached hydrogens (tertiary/aromatic N) is 2. The molecule has 6 heteroatoms. The van der Waals surface area contributed by atoms with Crippen LogP contribution in [0.3, 0.4) is 0 Å². The van der Waals surface area contributed by atoms with Crippen LogP contribution in [-0.4, -0.2) is 27.0 Å². The molecule has 2 aromatic heterocycles. The van der Waals surface area contributed by atoms with Crippen LogP contribution in [0.15, 0.2) is 49.1 Å². The molecule has 1 amide bonds. The highest BCUT2D eigenvalue weighted by molar-refractivity contribution is 6.04. The quantitative estimate of drug-likeness (QED) is 0.826. The van der Waals surface area contributed by atoms with Gasteiger partial charge in [0.15, 0.2) is 0 Å². The molecule has 0 unspecified atom stereocenters. The molecule has 0 aromatic carbocycles. The molecule has 0 spiro atoms. The number of hydrogen-bond acceptors (Lipinski definition) is 4. The Labute approximate surface area is 114 Å². The minimum absolute atomic E-state index is 0.335. The van der Waals surface area contributed by atoms with E-state index in [4.69, 9.17) is 5.11 Å². The van der Waals surface area contributed by atoms with Crippen molar-refractivity contribution in [3.05, 3.63) is 60.2 Å². The Bertz CT molecular complexity index is 654. The number of nitrogens with one attached hydrogen (secondary N) is 1. The summed E-state index contributed by atoms with van der Waals surface area (Å²) in [4.78, 5) is 30.2. The lowest BCUT2D eigenvalue weighted by atomic mass is 10.2. The number of aliphatic carboxylic acids is 1. The van der Waals surface area contributed by atoms with Crippen LogP contribution in [0.25, 0.3) is 6.08 Å². The fourth-order valence-corrected chi connectivity index (χ4v) is 1.48. The van der Waals surface area contributed by atoms with E-state index in [-0.39, 0.29) is 5.91 Å². The molecule has 0 bridgehead atoms. The van der Waals surface area contributed by atoms with Gasteiger partial charge in [-0.2, -0.15) is 0 Å². The first-order valence-corrected chi connectivity index (χ1v) is 5.72. The third kappa shape index (κ3) is 3.74. The van der Waals surface area contributed by atoms with Crippen molar-refractivity contribution in [1.29, 1.82) is 0 Å². The average molecular weight is 269 g/mol. The van der Waals surface area contributed by atoms with E-state index < -0.39 is 5.97 Å². The van der Waals surface area contributed by atoms with Gasteiger partial charge in [0.2, 0.25) is 0 Å². The fraction of sp³-hybridized carbons (Fsp3) is 0. The number of aromatic nitrogens is 2. The fourth-order valence-electron chi connectivity index (χ4n) is 1.48. The summed E-state index contributed by atoms with van der Waals surface area (Å²) in [5, 5.41) is 11.2. The van der Waals surface area contributed by atoms with Gasteiger partial charge in [-0.1, -0.05) is 0 Å². The van der Waals surface area contributed by atoms with Crippen LogP contribution in [-0.2, 0) is 4.79 Å². The zero-order valence-corrected chi connectivity index (χ0v) is 10.4. The number of carbonyl (C=O) groups excluding carboxylic acids is 1. The van der Waals surface area contributed by atoms with Crippen LogP contribution >= 0.6 is 0 Å². The Balaban J connectivity index is 2.14. The number of carbonyl (C=O) groups is 2. The molecule has 0 saturated heterocycles. The van der Waals surface area contributed by atoms with Crippen LogP contribution in [0.2, 0.25) is 0 Å². The van der Waals surface area contributed by atoms with Gasteiger partial charge in [0.05, 0.1) is 17.4 Å². The van der Waals surface area contributed by atoms with Gasteiger partial charge in [-0.25, -0.2) is 4.79 Å². The monoisotopic (exact) mass is 269 g/mol. The van der Waals surface area contributed by atoms with Crippen LogP contribution < -0.4 is 5.32 Å². The first kappa shape index (κ1) is 13.4. The molecule has 20 heavy (non-hydrogen) atoms. The van der Waals surface area contributed by atoms with Gasteiger partial charge in [0.1, 0.15) is 0 Å². The van der Waals surface area contributed by atoms with E-state index in [1.807, 2.05) is 0 Å². The lowest BCUT2D eigenvalue weighted by Gasteiger charge is -2.04. The summed E-state index contributed by atoms with van der Waals surface area (Å²) in [6, 6.07) is 4.98. The lowest BCUT2D eigenvalue weighted by molar-refractivity contribution is -0.131. The van der Waals surface area contributed by atoms with Gasteiger partial charge in [0.25, 0.3) is 5.91 Å². The number of carboxylic acid groups (broad SMARTS) is 1. The largest absolute Gasteiger partial charge is 0.478 e. The van der Waals surface area contributed by atoms with Crippen LogP contribution in [0.5, 0.6) is 0 Å². The molecule has 0 aliphatic carbocycles. The van der Waals surface area contributed by atoms with Crippen molar-refractivity contribution >= 4 is 23.6 Å². The molecule has 0 saturated carbocycles. The first-order valence-electron chi connectivity index (χ1n) is 5.72. The van der Waals surface area contributed by atoms with E-state index in [1.165, 1.54) is 24.7 Å². The van der Waals surface area contributed by atoms with E-state index in [2.05, 4.69) is 15.3 Å².